The van der Waals surface area contributed by atoms with E-state index in [1.54, 1.807) is 49.4 Å². The van der Waals surface area contributed by atoms with Gasteiger partial charge in [-0.05, 0) is 25.1 Å². The summed E-state index contributed by atoms with van der Waals surface area (Å²) in [5, 5.41) is 5.61. The lowest BCUT2D eigenvalue weighted by atomic mass is 9.92. The number of methoxy groups -OCH3 is 2. The van der Waals surface area contributed by atoms with E-state index in [0.29, 0.717) is 27.8 Å². The van der Waals surface area contributed by atoms with Gasteiger partial charge in [0.2, 0.25) is 5.91 Å². The van der Waals surface area contributed by atoms with Gasteiger partial charge < -0.3 is 20.1 Å². The fraction of sp³-hybridized carbons (Fsp3) is 0.250. The van der Waals surface area contributed by atoms with Crippen molar-refractivity contribution in [3.63, 3.8) is 0 Å². The van der Waals surface area contributed by atoms with E-state index >= 15 is 0 Å². The molecular weight excluding hydrogens is 398 g/mol. The summed E-state index contributed by atoms with van der Waals surface area (Å²) < 4.78 is 10.3. The van der Waals surface area contributed by atoms with Crippen LogP contribution in [-0.2, 0) is 15.1 Å². The maximum Gasteiger partial charge on any atom is 0.325 e. The van der Waals surface area contributed by atoms with Crippen LogP contribution in [0.25, 0.3) is 0 Å². The van der Waals surface area contributed by atoms with Crippen molar-refractivity contribution >= 4 is 35.1 Å². The first kappa shape index (κ1) is 20.5. The third-order valence-electron chi connectivity index (χ3n) is 4.66. The van der Waals surface area contributed by atoms with Crippen LogP contribution in [0.2, 0.25) is 5.02 Å². The lowest BCUT2D eigenvalue weighted by molar-refractivity contribution is -0.133. The maximum atomic E-state index is 12.9. The Balaban J connectivity index is 1.75. The highest BCUT2D eigenvalue weighted by Gasteiger charge is 2.50. The Morgan fingerprint density at radius 3 is 2.48 bits per heavy atom. The number of nitrogens with zero attached hydrogens (tertiary/aromatic N) is 1. The number of benzene rings is 2. The summed E-state index contributed by atoms with van der Waals surface area (Å²) in [5.74, 6) is -0.149. The quantitative estimate of drug-likeness (QED) is 0.704. The number of ether oxygens (including phenoxy) is 2. The van der Waals surface area contributed by atoms with E-state index in [-0.39, 0.29) is 0 Å². The molecule has 0 aliphatic carbocycles. The molecule has 3 rings (SSSR count). The highest BCUT2D eigenvalue weighted by atomic mass is 35.5. The Bertz CT molecular complexity index is 980. The molecule has 4 amide bonds. The van der Waals surface area contributed by atoms with Crippen LogP contribution < -0.4 is 20.1 Å². The highest BCUT2D eigenvalue weighted by molar-refractivity contribution is 6.32. The van der Waals surface area contributed by atoms with Crippen LogP contribution in [0.15, 0.2) is 42.5 Å². The summed E-state index contributed by atoms with van der Waals surface area (Å²) in [4.78, 5) is 38.6. The van der Waals surface area contributed by atoms with E-state index in [2.05, 4.69) is 10.6 Å². The van der Waals surface area contributed by atoms with Gasteiger partial charge in [-0.1, -0.05) is 29.8 Å². The summed E-state index contributed by atoms with van der Waals surface area (Å²) in [6.45, 7) is 1.11. The maximum absolute atomic E-state index is 12.9. The Labute approximate surface area is 172 Å². The number of halogens is 1. The van der Waals surface area contributed by atoms with E-state index < -0.39 is 29.9 Å². The Kier molecular flexibility index (Phi) is 5.65. The molecule has 2 N–H and O–H groups in total. The van der Waals surface area contributed by atoms with Crippen LogP contribution in [-0.4, -0.2) is 43.5 Å². The average molecular weight is 418 g/mol. The second-order valence-corrected chi connectivity index (χ2v) is 6.95. The van der Waals surface area contributed by atoms with Gasteiger partial charge >= 0.3 is 6.03 Å². The number of rotatable bonds is 6. The number of carbonyl (C=O) groups is 3. The molecule has 0 aromatic heterocycles. The molecule has 152 valence electrons. The van der Waals surface area contributed by atoms with Gasteiger partial charge in [-0.25, -0.2) is 4.79 Å². The van der Waals surface area contributed by atoms with Gasteiger partial charge in [0, 0.05) is 22.3 Å². The normalized spacial score (nSPS) is 18.4. The molecule has 1 atom stereocenters. The van der Waals surface area contributed by atoms with Gasteiger partial charge in [-0.15, -0.1) is 0 Å². The predicted molar refractivity (Wildman–Crippen MR) is 107 cm³/mol. The van der Waals surface area contributed by atoms with Crippen LogP contribution in [0.1, 0.15) is 12.5 Å². The molecule has 2 aromatic rings. The summed E-state index contributed by atoms with van der Waals surface area (Å²) in [6.07, 6.45) is 0. The van der Waals surface area contributed by atoms with Crippen LogP contribution >= 0.6 is 11.6 Å². The number of anilines is 1. The number of hydrogen-bond donors (Lipinski definition) is 2. The van der Waals surface area contributed by atoms with Crippen molar-refractivity contribution in [3.05, 3.63) is 53.1 Å². The van der Waals surface area contributed by atoms with Crippen molar-refractivity contribution in [1.82, 2.24) is 10.2 Å². The number of urea groups is 1. The molecule has 29 heavy (non-hydrogen) atoms. The van der Waals surface area contributed by atoms with E-state index in [1.165, 1.54) is 14.2 Å². The second-order valence-electron chi connectivity index (χ2n) is 6.54. The highest BCUT2D eigenvalue weighted by Crippen LogP contribution is 2.33. The van der Waals surface area contributed by atoms with Crippen molar-refractivity contribution in [3.8, 4) is 11.5 Å². The number of carbonyl (C=O) groups excluding carboxylic acids is 3. The topological polar surface area (TPSA) is 97.0 Å². The Morgan fingerprint density at radius 2 is 1.83 bits per heavy atom. The van der Waals surface area contributed by atoms with E-state index in [1.807, 2.05) is 0 Å². The van der Waals surface area contributed by atoms with Gasteiger partial charge in [0.1, 0.15) is 12.1 Å². The SMILES string of the molecule is COc1ccc(NC(=O)CN2C(=O)N[C@@](C)(c3ccccc3Cl)C2=O)cc1OC. The lowest BCUT2D eigenvalue weighted by Crippen LogP contribution is -2.42. The van der Waals surface area contributed by atoms with Crippen LogP contribution in [0.3, 0.4) is 0 Å². The molecule has 1 fully saturated rings. The fourth-order valence-electron chi connectivity index (χ4n) is 3.15. The van der Waals surface area contributed by atoms with Crippen LogP contribution in [0.4, 0.5) is 10.5 Å². The standard InChI is InChI=1S/C20H20ClN3O5/c1-20(13-6-4-5-7-14(13)21)18(26)24(19(27)23-20)11-17(25)22-12-8-9-15(28-2)16(10-12)29-3/h4-10H,11H2,1-3H3,(H,22,25)(H,23,27)/t20-/m0/s1. The molecule has 1 aliphatic heterocycles. The summed E-state index contributed by atoms with van der Waals surface area (Å²) in [5.41, 5.74) is -0.449. The first-order valence-electron chi connectivity index (χ1n) is 8.71. The molecule has 1 aliphatic rings. The Hall–Kier alpha value is -3.26. The molecular formula is C20H20ClN3O5. The van der Waals surface area contributed by atoms with Crippen LogP contribution in [0, 0.1) is 0 Å². The monoisotopic (exact) mass is 417 g/mol. The smallest absolute Gasteiger partial charge is 0.325 e. The molecule has 0 saturated carbocycles. The van der Waals surface area contributed by atoms with E-state index in [0.717, 1.165) is 4.90 Å². The van der Waals surface area contributed by atoms with Crippen molar-refractivity contribution in [2.24, 2.45) is 0 Å². The molecule has 0 unspecified atom stereocenters. The van der Waals surface area contributed by atoms with Crippen molar-refractivity contribution < 1.29 is 23.9 Å². The summed E-state index contributed by atoms with van der Waals surface area (Å²) in [6, 6.07) is 10.9. The molecule has 1 heterocycles. The van der Waals surface area contributed by atoms with Gasteiger partial charge in [0.15, 0.2) is 11.5 Å². The minimum absolute atomic E-state index is 0.347. The minimum atomic E-state index is -1.35. The number of nitrogens with one attached hydrogen (secondary N) is 2. The first-order chi connectivity index (χ1) is 13.8. The molecule has 0 spiro atoms. The van der Waals surface area contributed by atoms with Crippen LogP contribution in [0.5, 0.6) is 11.5 Å². The Morgan fingerprint density at radius 1 is 1.14 bits per heavy atom. The molecule has 0 bridgehead atoms. The zero-order valence-corrected chi connectivity index (χ0v) is 16.9. The summed E-state index contributed by atoms with van der Waals surface area (Å²) in [7, 11) is 2.98. The average Bonchev–Trinajstić information content (AvgIpc) is 2.91. The molecule has 1 saturated heterocycles. The molecule has 9 heteroatoms. The third kappa shape index (κ3) is 3.84. The van der Waals surface area contributed by atoms with E-state index in [4.69, 9.17) is 21.1 Å². The van der Waals surface area contributed by atoms with Crippen molar-refractivity contribution in [2.75, 3.05) is 26.1 Å². The predicted octanol–water partition coefficient (Wildman–Crippen LogP) is 2.76. The molecule has 2 aromatic carbocycles. The van der Waals surface area contributed by atoms with Gasteiger partial charge in [0.05, 0.1) is 14.2 Å². The first-order valence-corrected chi connectivity index (χ1v) is 9.09. The number of hydrogen-bond acceptors (Lipinski definition) is 5. The van der Waals surface area contributed by atoms with Crippen molar-refractivity contribution in [1.29, 1.82) is 0 Å². The van der Waals surface area contributed by atoms with Crippen molar-refractivity contribution in [2.45, 2.75) is 12.5 Å². The minimum Gasteiger partial charge on any atom is -0.493 e. The third-order valence-corrected chi connectivity index (χ3v) is 4.99. The van der Waals surface area contributed by atoms with E-state index in [9.17, 15) is 14.4 Å². The van der Waals surface area contributed by atoms with Gasteiger partial charge in [0.25, 0.3) is 5.91 Å². The largest absolute Gasteiger partial charge is 0.493 e. The number of imide groups is 1. The molecule has 0 radical (unpaired) electrons. The van der Waals surface area contributed by atoms with Gasteiger partial charge in [-0.2, -0.15) is 0 Å². The zero-order chi connectivity index (χ0) is 21.2. The number of amides is 4. The lowest BCUT2D eigenvalue weighted by Gasteiger charge is -2.23. The zero-order valence-electron chi connectivity index (χ0n) is 16.1. The van der Waals surface area contributed by atoms with Gasteiger partial charge in [-0.3, -0.25) is 14.5 Å². The fourth-order valence-corrected chi connectivity index (χ4v) is 3.47. The molecule has 8 nitrogen and oxygen atoms in total. The second kappa shape index (κ2) is 8.00. The summed E-state index contributed by atoms with van der Waals surface area (Å²) >= 11 is 6.20.